The van der Waals surface area contributed by atoms with Crippen LogP contribution in [-0.2, 0) is 0 Å². The van der Waals surface area contributed by atoms with Crippen LogP contribution in [0.5, 0.6) is 0 Å². The first-order valence-corrected chi connectivity index (χ1v) is 7.95. The van der Waals surface area contributed by atoms with Crippen molar-refractivity contribution >= 4 is 22.7 Å². The van der Waals surface area contributed by atoms with E-state index in [1.165, 1.54) is 12.1 Å². The largest absolute Gasteiger partial charge is 0.358 e. The molecule has 0 spiro atoms. The van der Waals surface area contributed by atoms with E-state index in [-0.39, 0.29) is 18.4 Å². The summed E-state index contributed by atoms with van der Waals surface area (Å²) in [4.78, 5) is 27.4. The summed E-state index contributed by atoms with van der Waals surface area (Å²) >= 11 is 0. The van der Waals surface area contributed by atoms with Gasteiger partial charge in [0, 0.05) is 35.2 Å². The van der Waals surface area contributed by atoms with Crippen LogP contribution in [0.15, 0.2) is 48.5 Å². The highest BCUT2D eigenvalue weighted by molar-refractivity contribution is 6.08. The van der Waals surface area contributed by atoms with Gasteiger partial charge in [-0.05, 0) is 37.3 Å². The average Bonchev–Trinajstić information content (AvgIpc) is 2.94. The first-order valence-electron chi connectivity index (χ1n) is 7.95. The maximum Gasteiger partial charge on any atom is 0.253 e. The number of fused-ring (bicyclic) bond motifs is 1. The predicted octanol–water partition coefficient (Wildman–Crippen LogP) is 2.78. The minimum atomic E-state index is -0.393. The van der Waals surface area contributed by atoms with Crippen LogP contribution in [0.1, 0.15) is 26.4 Å². The summed E-state index contributed by atoms with van der Waals surface area (Å²) in [5.74, 6) is -0.890. The number of benzene rings is 2. The minimum absolute atomic E-state index is 0.194. The zero-order valence-corrected chi connectivity index (χ0v) is 13.7. The van der Waals surface area contributed by atoms with Gasteiger partial charge in [0.25, 0.3) is 11.8 Å². The van der Waals surface area contributed by atoms with E-state index >= 15 is 0 Å². The molecule has 3 N–H and O–H groups in total. The minimum Gasteiger partial charge on any atom is -0.358 e. The van der Waals surface area contributed by atoms with Crippen LogP contribution < -0.4 is 10.6 Å². The van der Waals surface area contributed by atoms with Crippen LogP contribution in [0.3, 0.4) is 0 Å². The number of H-pyrrole nitrogens is 1. The SMILES string of the molecule is Cc1[nH]c2ccc(F)cc2c1C(=O)NCCNC(=O)c1ccccc1. The highest BCUT2D eigenvalue weighted by atomic mass is 19.1. The van der Waals surface area contributed by atoms with Crippen molar-refractivity contribution in [3.8, 4) is 0 Å². The molecule has 0 fully saturated rings. The molecule has 6 heteroatoms. The number of carbonyl (C=O) groups excluding carboxylic acids is 2. The Morgan fingerprint density at radius 1 is 1.00 bits per heavy atom. The van der Waals surface area contributed by atoms with E-state index in [0.717, 1.165) is 0 Å². The number of halogens is 1. The first kappa shape index (κ1) is 16.7. The van der Waals surface area contributed by atoms with Gasteiger partial charge >= 0.3 is 0 Å². The Kier molecular flexibility index (Phi) is 4.79. The highest BCUT2D eigenvalue weighted by Gasteiger charge is 2.16. The van der Waals surface area contributed by atoms with Gasteiger partial charge in [0.2, 0.25) is 0 Å². The molecule has 0 saturated carbocycles. The number of aromatic nitrogens is 1. The lowest BCUT2D eigenvalue weighted by molar-refractivity contribution is 0.0928. The van der Waals surface area contributed by atoms with E-state index < -0.39 is 5.82 Å². The molecule has 3 rings (SSSR count). The molecule has 2 aromatic carbocycles. The summed E-state index contributed by atoms with van der Waals surface area (Å²) in [6.45, 7) is 2.35. The van der Waals surface area contributed by atoms with E-state index in [2.05, 4.69) is 15.6 Å². The number of aromatic amines is 1. The van der Waals surface area contributed by atoms with Crippen LogP contribution in [0.2, 0.25) is 0 Å². The second kappa shape index (κ2) is 7.17. The Morgan fingerprint density at radius 3 is 2.40 bits per heavy atom. The standard InChI is InChI=1S/C19H18FN3O2/c1-12-17(15-11-14(20)7-8-16(15)23-12)19(25)22-10-9-21-18(24)13-5-3-2-4-6-13/h2-8,11,23H,9-10H2,1H3,(H,21,24)(H,22,25). The van der Waals surface area contributed by atoms with Gasteiger partial charge in [-0.1, -0.05) is 18.2 Å². The van der Waals surface area contributed by atoms with Gasteiger partial charge in [-0.3, -0.25) is 9.59 Å². The molecule has 0 unspecified atom stereocenters. The number of aryl methyl sites for hydroxylation is 1. The fourth-order valence-electron chi connectivity index (χ4n) is 2.72. The Balaban J connectivity index is 1.59. The number of hydrogen-bond donors (Lipinski definition) is 3. The van der Waals surface area contributed by atoms with Crippen molar-refractivity contribution in [1.29, 1.82) is 0 Å². The van der Waals surface area contributed by atoms with Gasteiger partial charge in [0.15, 0.2) is 0 Å². The maximum atomic E-state index is 13.5. The zero-order valence-electron chi connectivity index (χ0n) is 13.7. The molecular formula is C19H18FN3O2. The molecule has 1 aromatic heterocycles. The molecule has 0 atom stereocenters. The van der Waals surface area contributed by atoms with Crippen LogP contribution in [0, 0.1) is 12.7 Å². The van der Waals surface area contributed by atoms with Gasteiger partial charge in [-0.15, -0.1) is 0 Å². The zero-order chi connectivity index (χ0) is 17.8. The molecule has 0 aliphatic heterocycles. The molecule has 0 bridgehead atoms. The summed E-state index contributed by atoms with van der Waals surface area (Å²) in [7, 11) is 0. The van der Waals surface area contributed by atoms with E-state index in [9.17, 15) is 14.0 Å². The Bertz CT molecular complexity index is 919. The van der Waals surface area contributed by atoms with Crippen molar-refractivity contribution in [3.05, 3.63) is 71.2 Å². The van der Waals surface area contributed by atoms with E-state index in [1.807, 2.05) is 6.07 Å². The highest BCUT2D eigenvalue weighted by Crippen LogP contribution is 2.22. The summed E-state index contributed by atoms with van der Waals surface area (Å²) in [6, 6.07) is 13.1. The van der Waals surface area contributed by atoms with Gasteiger partial charge in [-0.25, -0.2) is 4.39 Å². The van der Waals surface area contributed by atoms with Gasteiger partial charge in [0.05, 0.1) is 5.56 Å². The topological polar surface area (TPSA) is 74.0 Å². The summed E-state index contributed by atoms with van der Waals surface area (Å²) in [6.07, 6.45) is 0. The summed E-state index contributed by atoms with van der Waals surface area (Å²) in [5, 5.41) is 6.03. The molecule has 128 valence electrons. The van der Waals surface area contributed by atoms with Crippen LogP contribution in [-0.4, -0.2) is 29.9 Å². The van der Waals surface area contributed by atoms with E-state index in [0.29, 0.717) is 34.3 Å². The lowest BCUT2D eigenvalue weighted by Crippen LogP contribution is -2.34. The molecule has 1 heterocycles. The smallest absolute Gasteiger partial charge is 0.253 e. The third-order valence-electron chi connectivity index (χ3n) is 3.91. The lowest BCUT2D eigenvalue weighted by atomic mass is 10.1. The lowest BCUT2D eigenvalue weighted by Gasteiger charge is -2.07. The second-order valence-electron chi connectivity index (χ2n) is 5.69. The van der Waals surface area contributed by atoms with Gasteiger partial charge in [0.1, 0.15) is 5.82 Å². The van der Waals surface area contributed by atoms with Gasteiger partial charge in [-0.2, -0.15) is 0 Å². The fraction of sp³-hybridized carbons (Fsp3) is 0.158. The number of carbonyl (C=O) groups is 2. The normalized spacial score (nSPS) is 10.6. The van der Waals surface area contributed by atoms with Crippen LogP contribution >= 0.6 is 0 Å². The van der Waals surface area contributed by atoms with E-state index in [4.69, 9.17) is 0 Å². The van der Waals surface area contributed by atoms with Crippen LogP contribution in [0.4, 0.5) is 4.39 Å². The quantitative estimate of drug-likeness (QED) is 0.625. The van der Waals surface area contributed by atoms with Gasteiger partial charge < -0.3 is 15.6 Å². The number of hydrogen-bond acceptors (Lipinski definition) is 2. The molecule has 2 amide bonds. The molecular weight excluding hydrogens is 321 g/mol. The number of amides is 2. The monoisotopic (exact) mass is 339 g/mol. The molecule has 25 heavy (non-hydrogen) atoms. The van der Waals surface area contributed by atoms with Crippen molar-refractivity contribution in [1.82, 2.24) is 15.6 Å². The fourth-order valence-corrected chi connectivity index (χ4v) is 2.72. The molecule has 5 nitrogen and oxygen atoms in total. The molecule has 3 aromatic rings. The second-order valence-corrected chi connectivity index (χ2v) is 5.69. The molecule has 0 saturated heterocycles. The van der Waals surface area contributed by atoms with Crippen molar-refractivity contribution < 1.29 is 14.0 Å². The molecule has 0 radical (unpaired) electrons. The molecule has 0 aliphatic rings. The van der Waals surface area contributed by atoms with Crippen molar-refractivity contribution in [2.24, 2.45) is 0 Å². The van der Waals surface area contributed by atoms with Crippen molar-refractivity contribution in [2.75, 3.05) is 13.1 Å². The van der Waals surface area contributed by atoms with E-state index in [1.54, 1.807) is 37.3 Å². The third kappa shape index (κ3) is 3.68. The Morgan fingerprint density at radius 2 is 1.68 bits per heavy atom. The van der Waals surface area contributed by atoms with Crippen molar-refractivity contribution in [3.63, 3.8) is 0 Å². The van der Waals surface area contributed by atoms with Crippen molar-refractivity contribution in [2.45, 2.75) is 6.92 Å². The first-order chi connectivity index (χ1) is 12.1. The average molecular weight is 339 g/mol. The Labute approximate surface area is 144 Å². The van der Waals surface area contributed by atoms with Crippen LogP contribution in [0.25, 0.3) is 10.9 Å². The predicted molar refractivity (Wildman–Crippen MR) is 94.1 cm³/mol. The number of nitrogens with one attached hydrogen (secondary N) is 3. The summed E-state index contributed by atoms with van der Waals surface area (Å²) < 4.78 is 13.5. The molecule has 0 aliphatic carbocycles. The third-order valence-corrected chi connectivity index (χ3v) is 3.91. The maximum absolute atomic E-state index is 13.5. The summed E-state index contributed by atoms with van der Waals surface area (Å²) in [5.41, 5.74) is 2.37. The Hall–Kier alpha value is -3.15. The number of rotatable bonds is 5.